The molecule has 0 fully saturated rings. The quantitative estimate of drug-likeness (QED) is 0.498. The highest BCUT2D eigenvalue weighted by Crippen LogP contribution is 2.58. The Morgan fingerprint density at radius 1 is 0.963 bits per heavy atom. The van der Waals surface area contributed by atoms with Crippen LogP contribution >= 0.6 is 0 Å². The predicted molar refractivity (Wildman–Crippen MR) is 102 cm³/mol. The predicted octanol–water partition coefficient (Wildman–Crippen LogP) is 4.94. The van der Waals surface area contributed by atoms with Crippen molar-refractivity contribution in [3.05, 3.63) is 59.7 Å². The molecule has 5 heteroatoms. The van der Waals surface area contributed by atoms with E-state index in [9.17, 15) is 10.2 Å². The lowest BCUT2D eigenvalue weighted by atomic mass is 10.0. The molecule has 0 aliphatic heterocycles. The van der Waals surface area contributed by atoms with Crippen LogP contribution in [0.25, 0.3) is 27.6 Å². The van der Waals surface area contributed by atoms with Crippen molar-refractivity contribution >= 4 is 21.9 Å². The molecule has 2 aromatic carbocycles. The van der Waals surface area contributed by atoms with Crippen molar-refractivity contribution in [2.45, 2.75) is 18.3 Å². The monoisotopic (exact) mass is 359 g/mol. The van der Waals surface area contributed by atoms with Crippen LogP contribution < -0.4 is 4.74 Å². The second-order valence-electron chi connectivity index (χ2n) is 7.23. The molecule has 6 rings (SSSR count). The number of hydrogen-bond acceptors (Lipinski definition) is 4. The Morgan fingerprint density at radius 2 is 1.67 bits per heavy atom. The molecule has 2 aromatic heterocycles. The van der Waals surface area contributed by atoms with E-state index in [4.69, 9.17) is 9.15 Å². The van der Waals surface area contributed by atoms with Gasteiger partial charge >= 0.3 is 0 Å². The minimum Gasteiger partial charge on any atom is -0.495 e. The van der Waals surface area contributed by atoms with Crippen molar-refractivity contribution in [1.29, 1.82) is 0 Å². The Morgan fingerprint density at radius 3 is 2.37 bits per heavy atom. The number of allylic oxidation sites excluding steroid dienone is 2. The van der Waals surface area contributed by atoms with E-state index in [0.717, 1.165) is 33.9 Å². The van der Waals surface area contributed by atoms with Crippen LogP contribution in [0.2, 0.25) is 0 Å². The fourth-order valence-electron chi connectivity index (χ4n) is 4.82. The van der Waals surface area contributed by atoms with Gasteiger partial charge in [-0.05, 0) is 24.6 Å². The van der Waals surface area contributed by atoms with Crippen molar-refractivity contribution in [3.63, 3.8) is 0 Å². The SMILES string of the molecule is COc1ccc2oc3ccccc3c2c1-n1c(O)c2c(c1O)C1C=CC2C1. The molecule has 4 aromatic rings. The molecule has 5 nitrogen and oxygen atoms in total. The maximum Gasteiger partial charge on any atom is 0.203 e. The van der Waals surface area contributed by atoms with Gasteiger partial charge in [-0.15, -0.1) is 0 Å². The third-order valence-corrected chi connectivity index (χ3v) is 5.94. The normalized spacial score (nSPS) is 20.0. The molecule has 2 atom stereocenters. The van der Waals surface area contributed by atoms with Crippen LogP contribution in [0.15, 0.2) is 53.0 Å². The Bertz CT molecular complexity index is 1240. The number of aromatic hydroxyl groups is 2. The first kappa shape index (κ1) is 14.8. The van der Waals surface area contributed by atoms with E-state index < -0.39 is 0 Å². The Kier molecular flexibility index (Phi) is 2.67. The van der Waals surface area contributed by atoms with E-state index in [2.05, 4.69) is 12.2 Å². The second-order valence-corrected chi connectivity index (χ2v) is 7.23. The van der Waals surface area contributed by atoms with Gasteiger partial charge < -0.3 is 19.4 Å². The van der Waals surface area contributed by atoms with Crippen LogP contribution in [0.5, 0.6) is 17.5 Å². The lowest BCUT2D eigenvalue weighted by molar-refractivity contribution is 0.383. The molecule has 0 radical (unpaired) electrons. The fourth-order valence-corrected chi connectivity index (χ4v) is 4.82. The molecular formula is C22H17NO4. The van der Waals surface area contributed by atoms with Crippen LogP contribution in [0.4, 0.5) is 0 Å². The van der Waals surface area contributed by atoms with Gasteiger partial charge in [-0.3, -0.25) is 0 Å². The van der Waals surface area contributed by atoms with Gasteiger partial charge in [0.05, 0.1) is 12.5 Å². The molecule has 0 spiro atoms. The summed E-state index contributed by atoms with van der Waals surface area (Å²) in [5.41, 5.74) is 3.69. The maximum absolute atomic E-state index is 11.1. The molecule has 27 heavy (non-hydrogen) atoms. The number of ether oxygens (including phenoxy) is 1. The summed E-state index contributed by atoms with van der Waals surface area (Å²) >= 11 is 0. The summed E-state index contributed by atoms with van der Waals surface area (Å²) < 4.78 is 13.1. The van der Waals surface area contributed by atoms with Gasteiger partial charge in [0.25, 0.3) is 0 Å². The number of methoxy groups -OCH3 is 1. The number of hydrogen-bond donors (Lipinski definition) is 2. The van der Waals surface area contributed by atoms with E-state index in [-0.39, 0.29) is 23.6 Å². The minimum absolute atomic E-state index is 0.0791. The van der Waals surface area contributed by atoms with Crippen LogP contribution in [0, 0.1) is 0 Å². The van der Waals surface area contributed by atoms with E-state index in [0.29, 0.717) is 17.0 Å². The number of fused-ring (bicyclic) bond motifs is 8. The molecule has 2 aliphatic rings. The first-order chi connectivity index (χ1) is 13.2. The van der Waals surface area contributed by atoms with Crippen molar-refractivity contribution in [2.75, 3.05) is 7.11 Å². The Hall–Kier alpha value is -3.34. The Labute approximate surface area is 154 Å². The highest BCUT2D eigenvalue weighted by atomic mass is 16.5. The fraction of sp³-hybridized carbons (Fsp3) is 0.182. The molecule has 2 unspecified atom stereocenters. The topological polar surface area (TPSA) is 67.8 Å². The molecule has 2 N–H and O–H groups in total. The number of furan rings is 1. The average Bonchev–Trinajstić information content (AvgIpc) is 3.43. The lowest BCUT2D eigenvalue weighted by Crippen LogP contribution is -2.00. The van der Waals surface area contributed by atoms with Crippen molar-refractivity contribution in [3.8, 4) is 23.2 Å². The summed E-state index contributed by atoms with van der Waals surface area (Å²) in [6.07, 6.45) is 5.14. The van der Waals surface area contributed by atoms with Crippen molar-refractivity contribution < 1.29 is 19.4 Å². The van der Waals surface area contributed by atoms with Gasteiger partial charge in [0.1, 0.15) is 22.6 Å². The summed E-state index contributed by atoms with van der Waals surface area (Å²) in [7, 11) is 1.59. The van der Waals surface area contributed by atoms with Crippen molar-refractivity contribution in [2.24, 2.45) is 0 Å². The van der Waals surface area contributed by atoms with Crippen LogP contribution in [-0.2, 0) is 0 Å². The van der Waals surface area contributed by atoms with E-state index >= 15 is 0 Å². The average molecular weight is 359 g/mol. The third kappa shape index (κ3) is 1.69. The van der Waals surface area contributed by atoms with E-state index in [1.54, 1.807) is 13.2 Å². The number of benzene rings is 2. The smallest absolute Gasteiger partial charge is 0.203 e. The zero-order chi connectivity index (χ0) is 18.3. The van der Waals surface area contributed by atoms with Crippen molar-refractivity contribution in [1.82, 2.24) is 4.57 Å². The summed E-state index contributed by atoms with van der Waals surface area (Å²) in [5.74, 6) is 1.03. The summed E-state index contributed by atoms with van der Waals surface area (Å²) in [5, 5.41) is 23.9. The highest BCUT2D eigenvalue weighted by molar-refractivity contribution is 6.10. The van der Waals surface area contributed by atoms with Gasteiger partial charge in [-0.25, -0.2) is 4.57 Å². The van der Waals surface area contributed by atoms with Gasteiger partial charge in [0.2, 0.25) is 11.8 Å². The first-order valence-corrected chi connectivity index (χ1v) is 9.02. The molecule has 2 heterocycles. The number of aromatic nitrogens is 1. The van der Waals surface area contributed by atoms with Crippen LogP contribution in [-0.4, -0.2) is 21.9 Å². The number of rotatable bonds is 2. The largest absolute Gasteiger partial charge is 0.495 e. The number of para-hydroxylation sites is 1. The third-order valence-electron chi connectivity index (χ3n) is 5.94. The molecule has 0 amide bonds. The highest BCUT2D eigenvalue weighted by Gasteiger charge is 2.42. The van der Waals surface area contributed by atoms with Gasteiger partial charge in [0, 0.05) is 28.3 Å². The summed E-state index contributed by atoms with van der Waals surface area (Å²) in [4.78, 5) is 0. The molecule has 2 bridgehead atoms. The maximum atomic E-state index is 11.1. The van der Waals surface area contributed by atoms with Gasteiger partial charge in [-0.1, -0.05) is 30.4 Å². The summed E-state index contributed by atoms with van der Waals surface area (Å²) in [6, 6.07) is 11.4. The molecule has 2 aliphatic carbocycles. The zero-order valence-electron chi connectivity index (χ0n) is 14.6. The summed E-state index contributed by atoms with van der Waals surface area (Å²) in [6.45, 7) is 0. The zero-order valence-corrected chi connectivity index (χ0v) is 14.6. The number of nitrogens with zero attached hydrogens (tertiary/aromatic N) is 1. The van der Waals surface area contributed by atoms with E-state index in [1.807, 2.05) is 30.3 Å². The molecule has 0 saturated carbocycles. The minimum atomic E-state index is 0.0791. The first-order valence-electron chi connectivity index (χ1n) is 9.02. The van der Waals surface area contributed by atoms with Crippen LogP contribution in [0.1, 0.15) is 29.4 Å². The molecule has 134 valence electrons. The molecular weight excluding hydrogens is 342 g/mol. The van der Waals surface area contributed by atoms with Gasteiger partial charge in [-0.2, -0.15) is 0 Å². The molecule has 0 saturated heterocycles. The van der Waals surface area contributed by atoms with Crippen LogP contribution in [0.3, 0.4) is 0 Å². The standard InChI is InChI=1S/C22H17NO4/c1-26-16-9-8-15-19(13-4-2-3-5-14(13)27-15)20(16)23-21(24)17-11-6-7-12(10-11)18(17)22(23)25/h2-9,11-12,24-25H,10H2,1H3. The Balaban J connectivity index is 1.77. The second kappa shape index (κ2) is 4.88. The van der Waals surface area contributed by atoms with E-state index in [1.165, 1.54) is 4.57 Å². The van der Waals surface area contributed by atoms with Gasteiger partial charge in [0.15, 0.2) is 0 Å². The lowest BCUT2D eigenvalue weighted by Gasteiger charge is -2.14.